The van der Waals surface area contributed by atoms with Gasteiger partial charge in [0, 0.05) is 38.3 Å². The molecule has 0 spiro atoms. The number of hydrogen-bond donors (Lipinski definition) is 1. The number of anilines is 1. The largest absolute Gasteiger partial charge is 0.489 e. The maximum Gasteiger partial charge on any atom is 0.407 e. The third-order valence-electron chi connectivity index (χ3n) is 10.4. The van der Waals surface area contributed by atoms with E-state index < -0.39 is 11.9 Å². The van der Waals surface area contributed by atoms with Crippen molar-refractivity contribution in [2.75, 3.05) is 24.6 Å². The van der Waals surface area contributed by atoms with Crippen LogP contribution in [0.4, 0.5) is 15.0 Å². The standard InChI is InChI=1S/C41H36FN7O4/c1-47-34-14-8-7-13-33(34)44-35(47)17-18-52-40-45-38-32(39(46-40)48-22-27-15-16-28(23-48)49(27)41(50)51)21-43-37(36(38)42)31-20-29(19-26-11-5-6-12-30(26)31)53-24-25-9-3-2-4-10-25/h2-14,19-21,27-28H,15-18,22-24H2,1H3,(H,50,51)/t27-,28+. The summed E-state index contributed by atoms with van der Waals surface area (Å²) in [6, 6.07) is 29.0. The molecule has 1 N–H and O–H groups in total. The number of hydrogen-bond acceptors (Lipinski definition) is 8. The first-order valence-corrected chi connectivity index (χ1v) is 17.8. The van der Waals surface area contributed by atoms with Crippen molar-refractivity contribution in [2.45, 2.75) is 38.0 Å². The van der Waals surface area contributed by atoms with Crippen molar-refractivity contribution in [3.63, 3.8) is 0 Å². The van der Waals surface area contributed by atoms with Gasteiger partial charge in [0.2, 0.25) is 0 Å². The Labute approximate surface area is 304 Å². The molecule has 0 aliphatic carbocycles. The van der Waals surface area contributed by atoms with Gasteiger partial charge < -0.3 is 24.0 Å². The highest BCUT2D eigenvalue weighted by Crippen LogP contribution is 2.39. The van der Waals surface area contributed by atoms with Crippen LogP contribution in [0.15, 0.2) is 97.2 Å². The van der Waals surface area contributed by atoms with E-state index in [0.717, 1.165) is 46.0 Å². The van der Waals surface area contributed by atoms with E-state index >= 15 is 4.39 Å². The van der Waals surface area contributed by atoms with Crippen LogP contribution in [0.25, 0.3) is 44.0 Å². The van der Waals surface area contributed by atoms with Gasteiger partial charge in [-0.2, -0.15) is 9.97 Å². The molecule has 3 aromatic heterocycles. The van der Waals surface area contributed by atoms with E-state index in [-0.39, 0.29) is 35.9 Å². The minimum absolute atomic E-state index is 0.0279. The number of rotatable bonds is 9. The summed E-state index contributed by atoms with van der Waals surface area (Å²) >= 11 is 0. The quantitative estimate of drug-likeness (QED) is 0.164. The lowest BCUT2D eigenvalue weighted by atomic mass is 10.00. The number of carboxylic acid groups (broad SMARTS) is 1. The molecule has 2 fully saturated rings. The Morgan fingerprint density at radius 1 is 0.887 bits per heavy atom. The first-order chi connectivity index (χ1) is 25.9. The van der Waals surface area contributed by atoms with Gasteiger partial charge in [0.25, 0.3) is 0 Å². The monoisotopic (exact) mass is 709 g/mol. The van der Waals surface area contributed by atoms with Gasteiger partial charge in [0.05, 0.1) is 35.1 Å². The third-order valence-corrected chi connectivity index (χ3v) is 10.4. The van der Waals surface area contributed by atoms with E-state index in [1.54, 1.807) is 11.1 Å². The Morgan fingerprint density at radius 3 is 2.43 bits per heavy atom. The van der Waals surface area contributed by atoms with Crippen LogP contribution in [0, 0.1) is 5.82 Å². The second-order valence-electron chi connectivity index (χ2n) is 13.6. The van der Waals surface area contributed by atoms with E-state index in [4.69, 9.17) is 24.4 Å². The average Bonchev–Trinajstić information content (AvgIpc) is 3.65. The van der Waals surface area contributed by atoms with Gasteiger partial charge in [0.1, 0.15) is 35.2 Å². The number of aryl methyl sites for hydroxylation is 1. The Kier molecular flexibility index (Phi) is 8.21. The molecule has 9 rings (SSSR count). The molecule has 2 saturated heterocycles. The second-order valence-corrected chi connectivity index (χ2v) is 13.6. The molecule has 2 bridgehead atoms. The van der Waals surface area contributed by atoms with Crippen LogP contribution in [0.2, 0.25) is 0 Å². The summed E-state index contributed by atoms with van der Waals surface area (Å²) in [6.07, 6.45) is 2.68. The Hall–Kier alpha value is -6.30. The molecule has 2 aliphatic rings. The zero-order valence-corrected chi connectivity index (χ0v) is 29.0. The van der Waals surface area contributed by atoms with E-state index in [1.807, 2.05) is 108 Å². The molecule has 0 unspecified atom stereocenters. The number of carbonyl (C=O) groups is 1. The molecule has 2 aliphatic heterocycles. The van der Waals surface area contributed by atoms with Crippen LogP contribution in [-0.2, 0) is 20.1 Å². The predicted octanol–water partition coefficient (Wildman–Crippen LogP) is 7.40. The molecule has 1 amide bonds. The number of piperazine rings is 1. The number of ether oxygens (including phenoxy) is 2. The molecule has 266 valence electrons. The number of benzene rings is 4. The van der Waals surface area contributed by atoms with Crippen molar-refractivity contribution in [3.8, 4) is 23.0 Å². The summed E-state index contributed by atoms with van der Waals surface area (Å²) < 4.78 is 31.5. The van der Waals surface area contributed by atoms with Crippen molar-refractivity contribution in [1.29, 1.82) is 0 Å². The van der Waals surface area contributed by atoms with Crippen molar-refractivity contribution < 1.29 is 23.8 Å². The molecule has 0 radical (unpaired) electrons. The average molecular weight is 710 g/mol. The predicted molar refractivity (Wildman–Crippen MR) is 200 cm³/mol. The number of aromatic nitrogens is 5. The number of fused-ring (bicyclic) bond motifs is 5. The number of halogens is 1. The molecule has 4 aromatic carbocycles. The van der Waals surface area contributed by atoms with Gasteiger partial charge in [0.15, 0.2) is 5.82 Å². The lowest BCUT2D eigenvalue weighted by Gasteiger charge is -2.40. The van der Waals surface area contributed by atoms with Crippen LogP contribution in [0.5, 0.6) is 11.8 Å². The summed E-state index contributed by atoms with van der Waals surface area (Å²) in [4.78, 5) is 34.6. The number of amides is 1. The molecule has 11 nitrogen and oxygen atoms in total. The molecule has 53 heavy (non-hydrogen) atoms. The molecule has 2 atom stereocenters. The summed E-state index contributed by atoms with van der Waals surface area (Å²) in [5.74, 6) is 1.29. The minimum Gasteiger partial charge on any atom is -0.489 e. The normalized spacial score (nSPS) is 16.9. The lowest BCUT2D eigenvalue weighted by molar-refractivity contribution is 0.114. The van der Waals surface area contributed by atoms with Gasteiger partial charge in [-0.25, -0.2) is 14.2 Å². The minimum atomic E-state index is -0.921. The summed E-state index contributed by atoms with van der Waals surface area (Å²) in [5, 5.41) is 12.0. The number of para-hydroxylation sites is 2. The van der Waals surface area contributed by atoms with Crippen LogP contribution >= 0.6 is 0 Å². The Morgan fingerprint density at radius 2 is 1.64 bits per heavy atom. The molecular formula is C41H36FN7O4. The first-order valence-electron chi connectivity index (χ1n) is 17.8. The fourth-order valence-corrected chi connectivity index (χ4v) is 7.86. The lowest BCUT2D eigenvalue weighted by Crippen LogP contribution is -2.55. The fraction of sp³-hybridized carbons (Fsp3) is 0.244. The van der Waals surface area contributed by atoms with E-state index in [1.165, 1.54) is 0 Å². The van der Waals surface area contributed by atoms with E-state index in [0.29, 0.717) is 48.6 Å². The Bertz CT molecular complexity index is 2490. The van der Waals surface area contributed by atoms with Crippen molar-refractivity contribution in [3.05, 3.63) is 114 Å². The molecule has 7 aromatic rings. The van der Waals surface area contributed by atoms with E-state index in [2.05, 4.69) is 4.98 Å². The summed E-state index contributed by atoms with van der Waals surface area (Å²) in [7, 11) is 1.97. The second kappa shape index (κ2) is 13.4. The van der Waals surface area contributed by atoms with Crippen LogP contribution in [0.1, 0.15) is 24.2 Å². The molecule has 5 heterocycles. The highest BCUT2D eigenvalue weighted by Gasteiger charge is 2.43. The molecule has 0 saturated carbocycles. The van der Waals surface area contributed by atoms with Gasteiger partial charge in [-0.3, -0.25) is 9.88 Å². The van der Waals surface area contributed by atoms with Gasteiger partial charge >= 0.3 is 12.1 Å². The smallest absolute Gasteiger partial charge is 0.407 e. The van der Waals surface area contributed by atoms with Gasteiger partial charge in [-0.1, -0.05) is 66.7 Å². The van der Waals surface area contributed by atoms with Gasteiger partial charge in [-0.05, 0) is 53.4 Å². The maximum atomic E-state index is 17.1. The van der Waals surface area contributed by atoms with E-state index in [9.17, 15) is 9.90 Å². The number of nitrogens with zero attached hydrogens (tertiary/aromatic N) is 7. The zero-order valence-electron chi connectivity index (χ0n) is 29.0. The number of imidazole rings is 1. The van der Waals surface area contributed by atoms with Gasteiger partial charge in [-0.15, -0.1) is 0 Å². The SMILES string of the molecule is Cn1c(CCOc2nc(N3C[C@H]4CC[C@@H](C3)N4C(=O)O)c3cnc(-c4cc(OCc5ccccc5)cc5ccccc45)c(F)c3n2)nc2ccccc21. The highest BCUT2D eigenvalue weighted by molar-refractivity contribution is 6.00. The van der Waals surface area contributed by atoms with Crippen molar-refractivity contribution in [2.24, 2.45) is 7.05 Å². The molecular weight excluding hydrogens is 673 g/mol. The topological polar surface area (TPSA) is 119 Å². The zero-order chi connectivity index (χ0) is 36.1. The fourth-order valence-electron chi connectivity index (χ4n) is 7.86. The summed E-state index contributed by atoms with van der Waals surface area (Å²) in [6.45, 7) is 1.41. The number of pyridine rings is 1. The van der Waals surface area contributed by atoms with Crippen LogP contribution in [0.3, 0.4) is 0 Å². The first kappa shape index (κ1) is 32.6. The maximum absolute atomic E-state index is 17.1. The van der Waals surface area contributed by atoms with Crippen molar-refractivity contribution in [1.82, 2.24) is 29.4 Å². The van der Waals surface area contributed by atoms with Crippen molar-refractivity contribution >= 4 is 44.6 Å². The third kappa shape index (κ3) is 5.99. The van der Waals surface area contributed by atoms with Crippen LogP contribution in [-0.4, -0.2) is 72.4 Å². The Balaban J connectivity index is 1.11. The van der Waals surface area contributed by atoms with Crippen LogP contribution < -0.4 is 14.4 Å². The molecule has 12 heteroatoms. The summed E-state index contributed by atoms with van der Waals surface area (Å²) in [5.41, 5.74) is 3.71. The highest BCUT2D eigenvalue weighted by atomic mass is 19.1.